The monoisotopic (exact) mass is 728 g/mol. The van der Waals surface area contributed by atoms with Crippen molar-refractivity contribution in [3.63, 3.8) is 0 Å². The van der Waals surface area contributed by atoms with Crippen molar-refractivity contribution in [2.45, 2.75) is 6.18 Å². The summed E-state index contributed by atoms with van der Waals surface area (Å²) >= 11 is 0. The van der Waals surface area contributed by atoms with Gasteiger partial charge >= 0.3 is 6.18 Å². The summed E-state index contributed by atoms with van der Waals surface area (Å²) in [5.41, 5.74) is 5.57. The molecule has 6 nitrogen and oxygen atoms in total. The fraction of sp³-hybridized carbons (Fsp3) is 0.0213. The summed E-state index contributed by atoms with van der Waals surface area (Å²) in [7, 11) is 0. The Labute approximate surface area is 317 Å². The van der Waals surface area contributed by atoms with Crippen molar-refractivity contribution in [1.82, 2.24) is 9.13 Å². The lowest BCUT2D eigenvalue weighted by Gasteiger charge is -2.21. The minimum Gasteiger partial charge on any atom is -0.309 e. The lowest BCUT2D eigenvalue weighted by atomic mass is 9.89. The SMILES string of the molecule is N#Cc1ccc(-n2c3ccccc3c3cc(C#N)ccc32)c(-c2cc(-n3c4ccccc4c4cc(C#N)ccc43)ccc2-c2ccc(C#N)cc2C(F)(F)F)c1. The zero-order valence-corrected chi connectivity index (χ0v) is 29.1. The van der Waals surface area contributed by atoms with Crippen LogP contribution in [0.4, 0.5) is 13.2 Å². The summed E-state index contributed by atoms with van der Waals surface area (Å²) in [6.07, 6.45) is -4.80. The van der Waals surface area contributed by atoms with E-state index in [9.17, 15) is 34.2 Å². The normalized spacial score (nSPS) is 11.4. The summed E-state index contributed by atoms with van der Waals surface area (Å²) in [6, 6.07) is 48.7. The molecule has 0 atom stereocenters. The molecule has 0 amide bonds. The van der Waals surface area contributed by atoms with Crippen molar-refractivity contribution in [3.8, 4) is 57.9 Å². The second-order valence-corrected chi connectivity index (χ2v) is 13.3. The molecule has 0 aliphatic heterocycles. The van der Waals surface area contributed by atoms with Crippen LogP contribution in [-0.4, -0.2) is 9.13 Å². The molecule has 7 aromatic carbocycles. The summed E-state index contributed by atoms with van der Waals surface area (Å²) in [4.78, 5) is 0. The van der Waals surface area contributed by atoms with Gasteiger partial charge in [0.05, 0.1) is 79.8 Å². The number of hydrogen-bond donors (Lipinski definition) is 0. The number of fused-ring (bicyclic) bond motifs is 6. The van der Waals surface area contributed by atoms with Crippen molar-refractivity contribution in [2.24, 2.45) is 0 Å². The maximum absolute atomic E-state index is 14.9. The van der Waals surface area contributed by atoms with E-state index in [4.69, 9.17) is 0 Å². The second-order valence-electron chi connectivity index (χ2n) is 13.3. The summed E-state index contributed by atoms with van der Waals surface area (Å²) in [6.45, 7) is 0. The van der Waals surface area contributed by atoms with Gasteiger partial charge in [-0.1, -0.05) is 48.5 Å². The van der Waals surface area contributed by atoms with E-state index < -0.39 is 11.7 Å². The van der Waals surface area contributed by atoms with Crippen molar-refractivity contribution in [3.05, 3.63) is 167 Å². The van der Waals surface area contributed by atoms with Crippen LogP contribution in [0.5, 0.6) is 0 Å². The largest absolute Gasteiger partial charge is 0.417 e. The number of benzene rings is 7. The van der Waals surface area contributed by atoms with Crippen molar-refractivity contribution in [1.29, 1.82) is 21.0 Å². The molecule has 9 aromatic rings. The van der Waals surface area contributed by atoms with Crippen LogP contribution in [0.1, 0.15) is 27.8 Å². The highest BCUT2D eigenvalue weighted by Gasteiger charge is 2.35. The minimum absolute atomic E-state index is 0.129. The molecule has 0 N–H and O–H groups in total. The molecule has 0 aliphatic carbocycles. The summed E-state index contributed by atoms with van der Waals surface area (Å²) < 4.78 is 48.8. The van der Waals surface area contributed by atoms with E-state index in [1.54, 1.807) is 42.5 Å². The highest BCUT2D eigenvalue weighted by Crippen LogP contribution is 2.45. The number of para-hydroxylation sites is 2. The van der Waals surface area contributed by atoms with Gasteiger partial charge in [0, 0.05) is 32.8 Å². The van der Waals surface area contributed by atoms with Crippen LogP contribution in [0.3, 0.4) is 0 Å². The first-order chi connectivity index (χ1) is 27.2. The van der Waals surface area contributed by atoms with E-state index in [2.05, 4.69) is 18.2 Å². The number of rotatable bonds is 4. The topological polar surface area (TPSA) is 105 Å². The Morgan fingerprint density at radius 2 is 0.875 bits per heavy atom. The van der Waals surface area contributed by atoms with Gasteiger partial charge in [-0.15, -0.1) is 0 Å². The van der Waals surface area contributed by atoms with Crippen LogP contribution in [0, 0.1) is 45.3 Å². The molecule has 0 fully saturated rings. The first kappa shape index (κ1) is 33.7. The maximum Gasteiger partial charge on any atom is 0.417 e. The van der Waals surface area contributed by atoms with E-state index in [0.717, 1.165) is 49.7 Å². The van der Waals surface area contributed by atoms with Crippen LogP contribution < -0.4 is 0 Å². The minimum atomic E-state index is -4.80. The van der Waals surface area contributed by atoms with E-state index in [1.165, 1.54) is 12.1 Å². The van der Waals surface area contributed by atoms with Gasteiger partial charge in [-0.05, 0) is 108 Å². The van der Waals surface area contributed by atoms with E-state index in [1.807, 2.05) is 94.1 Å². The van der Waals surface area contributed by atoms with E-state index >= 15 is 0 Å². The molecule has 0 unspecified atom stereocenters. The number of aromatic nitrogens is 2. The Morgan fingerprint density at radius 3 is 1.48 bits per heavy atom. The molecule has 0 aliphatic rings. The second kappa shape index (κ2) is 12.8. The molecule has 9 rings (SSSR count). The zero-order chi connectivity index (χ0) is 38.7. The van der Waals surface area contributed by atoms with Crippen molar-refractivity contribution < 1.29 is 13.2 Å². The third-order valence-electron chi connectivity index (χ3n) is 10.3. The fourth-order valence-electron chi connectivity index (χ4n) is 7.85. The van der Waals surface area contributed by atoms with E-state index in [0.29, 0.717) is 39.2 Å². The average molecular weight is 729 g/mol. The van der Waals surface area contributed by atoms with Crippen LogP contribution in [0.15, 0.2) is 140 Å². The van der Waals surface area contributed by atoms with Gasteiger partial charge in [-0.3, -0.25) is 0 Å². The molecular weight excluding hydrogens is 706 g/mol. The van der Waals surface area contributed by atoms with Gasteiger partial charge in [-0.25, -0.2) is 0 Å². The van der Waals surface area contributed by atoms with Crippen LogP contribution >= 0.6 is 0 Å². The quantitative estimate of drug-likeness (QED) is 0.180. The lowest BCUT2D eigenvalue weighted by Crippen LogP contribution is -2.08. The average Bonchev–Trinajstić information content (AvgIpc) is 3.74. The first-order valence-electron chi connectivity index (χ1n) is 17.4. The molecular formula is C47H23F3N6. The van der Waals surface area contributed by atoms with Crippen LogP contribution in [-0.2, 0) is 6.18 Å². The third-order valence-corrected chi connectivity index (χ3v) is 10.3. The molecule has 0 bridgehead atoms. The van der Waals surface area contributed by atoms with Gasteiger partial charge in [0.1, 0.15) is 0 Å². The third kappa shape index (κ3) is 5.24. The first-order valence-corrected chi connectivity index (χ1v) is 17.4. The highest BCUT2D eigenvalue weighted by atomic mass is 19.4. The number of alkyl halides is 3. The van der Waals surface area contributed by atoms with Gasteiger partial charge in [0.2, 0.25) is 0 Å². The van der Waals surface area contributed by atoms with Crippen molar-refractivity contribution >= 4 is 43.6 Å². The Balaban J connectivity index is 1.43. The highest BCUT2D eigenvalue weighted by molar-refractivity contribution is 6.11. The molecule has 9 heteroatoms. The van der Waals surface area contributed by atoms with Gasteiger partial charge in [0.25, 0.3) is 0 Å². The maximum atomic E-state index is 14.9. The zero-order valence-electron chi connectivity index (χ0n) is 29.1. The molecule has 0 radical (unpaired) electrons. The summed E-state index contributed by atoms with van der Waals surface area (Å²) in [5, 5.41) is 42.7. The molecule has 0 saturated carbocycles. The predicted molar refractivity (Wildman–Crippen MR) is 210 cm³/mol. The number of hydrogen-bond acceptors (Lipinski definition) is 4. The van der Waals surface area contributed by atoms with Gasteiger partial charge < -0.3 is 9.13 Å². The molecule has 2 aromatic heterocycles. The molecule has 0 spiro atoms. The number of nitriles is 4. The molecule has 0 saturated heterocycles. The Kier molecular flexibility index (Phi) is 7.69. The Morgan fingerprint density at radius 1 is 0.393 bits per heavy atom. The standard InChI is InChI=1S/C47H23F3N6/c48-47(49,50)41-22-31(27-54)9-14-34(41)33-15-13-32(55-42-7-3-1-5-35(42)38-19-28(24-51)10-16-44(38)55)23-37(33)40-21-30(26-53)12-18-46(40)56-43-8-4-2-6-36(43)39-20-29(25-52)11-17-45(39)56/h1-23H. The van der Waals surface area contributed by atoms with Crippen molar-refractivity contribution in [2.75, 3.05) is 0 Å². The lowest BCUT2D eigenvalue weighted by molar-refractivity contribution is -0.137. The molecule has 2 heterocycles. The van der Waals surface area contributed by atoms with Gasteiger partial charge in [-0.2, -0.15) is 34.2 Å². The van der Waals surface area contributed by atoms with Gasteiger partial charge in [0.15, 0.2) is 0 Å². The predicted octanol–water partition coefficient (Wildman–Crippen LogP) is 11.7. The van der Waals surface area contributed by atoms with Crippen LogP contribution in [0.25, 0.3) is 77.2 Å². The number of halogens is 3. The Hall–Kier alpha value is -8.11. The fourth-order valence-corrected chi connectivity index (χ4v) is 7.85. The molecule has 262 valence electrons. The van der Waals surface area contributed by atoms with E-state index in [-0.39, 0.29) is 16.7 Å². The van der Waals surface area contributed by atoms with Crippen LogP contribution in [0.2, 0.25) is 0 Å². The molecule has 56 heavy (non-hydrogen) atoms. The smallest absolute Gasteiger partial charge is 0.309 e. The number of nitrogens with zero attached hydrogens (tertiary/aromatic N) is 6. The summed E-state index contributed by atoms with van der Waals surface area (Å²) in [5.74, 6) is 0. The Bertz CT molecular complexity index is 3300.